The number of para-hydroxylation sites is 1. The number of carboxylic acids is 1. The summed E-state index contributed by atoms with van der Waals surface area (Å²) >= 11 is 0. The highest BCUT2D eigenvalue weighted by atomic mass is 16.5. The topological polar surface area (TPSA) is 85.4 Å². The summed E-state index contributed by atoms with van der Waals surface area (Å²) < 4.78 is 5.57. The number of aromatic nitrogens is 1. The molecule has 19 heavy (non-hydrogen) atoms. The van der Waals surface area contributed by atoms with Gasteiger partial charge in [-0.2, -0.15) is 0 Å². The first kappa shape index (κ1) is 13.3. The van der Waals surface area contributed by atoms with E-state index in [1.54, 1.807) is 12.3 Å². The van der Waals surface area contributed by atoms with Crippen molar-refractivity contribution in [1.29, 1.82) is 0 Å². The standard InChI is InChI=1S/C14H16N2O3/c15-8-2-7-12(14(17)18)19-11-6-1-4-10-5-3-9-16-13(10)11/h1,3-6,9,12H,2,7-8,15H2,(H,17,18). The molecule has 0 aliphatic carbocycles. The van der Waals surface area contributed by atoms with Crippen molar-refractivity contribution >= 4 is 16.9 Å². The summed E-state index contributed by atoms with van der Waals surface area (Å²) in [5, 5.41) is 10.1. The van der Waals surface area contributed by atoms with Crippen LogP contribution >= 0.6 is 0 Å². The Hall–Kier alpha value is -2.14. The Bertz CT molecular complexity index is 566. The minimum Gasteiger partial charge on any atom is -0.479 e. The Kier molecular flexibility index (Phi) is 4.30. The highest BCUT2D eigenvalue weighted by Gasteiger charge is 2.19. The molecule has 5 nitrogen and oxygen atoms in total. The second-order valence-electron chi connectivity index (χ2n) is 4.21. The van der Waals surface area contributed by atoms with Gasteiger partial charge >= 0.3 is 5.97 Å². The number of aliphatic carboxylic acids is 1. The van der Waals surface area contributed by atoms with Gasteiger partial charge in [0.1, 0.15) is 11.3 Å². The number of hydrogen-bond donors (Lipinski definition) is 2. The SMILES string of the molecule is NCCCC(Oc1cccc2cccnc12)C(=O)O. The summed E-state index contributed by atoms with van der Waals surface area (Å²) in [5.74, 6) is -0.496. The third kappa shape index (κ3) is 3.20. The van der Waals surface area contributed by atoms with Crippen LogP contribution in [0.5, 0.6) is 5.75 Å². The summed E-state index contributed by atoms with van der Waals surface area (Å²) in [6.45, 7) is 0.445. The number of rotatable bonds is 6. The van der Waals surface area contributed by atoms with Crippen LogP contribution in [-0.4, -0.2) is 28.7 Å². The Balaban J connectivity index is 2.26. The number of nitrogens with two attached hydrogens (primary N) is 1. The van der Waals surface area contributed by atoms with Gasteiger partial charge in [0, 0.05) is 11.6 Å². The predicted molar refractivity (Wildman–Crippen MR) is 72.1 cm³/mol. The zero-order valence-corrected chi connectivity index (χ0v) is 10.5. The smallest absolute Gasteiger partial charge is 0.344 e. The van der Waals surface area contributed by atoms with E-state index in [0.29, 0.717) is 30.7 Å². The van der Waals surface area contributed by atoms with Crippen LogP contribution < -0.4 is 10.5 Å². The first-order chi connectivity index (χ1) is 9.22. The van der Waals surface area contributed by atoms with Crippen LogP contribution in [0.25, 0.3) is 10.9 Å². The van der Waals surface area contributed by atoms with E-state index in [0.717, 1.165) is 5.39 Å². The molecule has 0 radical (unpaired) electrons. The Morgan fingerprint density at radius 1 is 1.37 bits per heavy atom. The number of hydrogen-bond acceptors (Lipinski definition) is 4. The molecule has 0 spiro atoms. The molecule has 2 rings (SSSR count). The molecule has 1 aromatic heterocycles. The van der Waals surface area contributed by atoms with Gasteiger partial charge < -0.3 is 15.6 Å². The van der Waals surface area contributed by atoms with Crippen LogP contribution in [0.15, 0.2) is 36.5 Å². The Morgan fingerprint density at radius 3 is 2.89 bits per heavy atom. The van der Waals surface area contributed by atoms with E-state index in [9.17, 15) is 4.79 Å². The minimum absolute atomic E-state index is 0.384. The molecule has 2 aromatic rings. The summed E-state index contributed by atoms with van der Waals surface area (Å²) in [5.41, 5.74) is 6.07. The third-order valence-electron chi connectivity index (χ3n) is 2.81. The largest absolute Gasteiger partial charge is 0.479 e. The predicted octanol–water partition coefficient (Wildman–Crippen LogP) is 1.81. The van der Waals surface area contributed by atoms with Crippen LogP contribution in [0.1, 0.15) is 12.8 Å². The molecule has 0 aliphatic heterocycles. The monoisotopic (exact) mass is 260 g/mol. The second-order valence-corrected chi connectivity index (χ2v) is 4.21. The molecule has 1 aromatic carbocycles. The average Bonchev–Trinajstić information content (AvgIpc) is 2.43. The van der Waals surface area contributed by atoms with Gasteiger partial charge in [-0.1, -0.05) is 18.2 Å². The maximum absolute atomic E-state index is 11.2. The lowest BCUT2D eigenvalue weighted by atomic mass is 10.2. The zero-order valence-electron chi connectivity index (χ0n) is 10.5. The van der Waals surface area contributed by atoms with Crippen molar-refractivity contribution in [2.45, 2.75) is 18.9 Å². The fourth-order valence-corrected chi connectivity index (χ4v) is 1.86. The van der Waals surface area contributed by atoms with Crippen LogP contribution in [-0.2, 0) is 4.79 Å². The van der Waals surface area contributed by atoms with Gasteiger partial charge in [0.15, 0.2) is 6.10 Å². The molecule has 1 atom stereocenters. The molecule has 0 aliphatic rings. The lowest BCUT2D eigenvalue weighted by Crippen LogP contribution is -2.27. The van der Waals surface area contributed by atoms with Crippen molar-refractivity contribution in [2.75, 3.05) is 6.54 Å². The number of ether oxygens (including phenoxy) is 1. The van der Waals surface area contributed by atoms with E-state index in [-0.39, 0.29) is 0 Å². The van der Waals surface area contributed by atoms with E-state index < -0.39 is 12.1 Å². The van der Waals surface area contributed by atoms with Gasteiger partial charge in [-0.15, -0.1) is 0 Å². The molecule has 3 N–H and O–H groups in total. The fourth-order valence-electron chi connectivity index (χ4n) is 1.86. The zero-order chi connectivity index (χ0) is 13.7. The first-order valence-electron chi connectivity index (χ1n) is 6.15. The lowest BCUT2D eigenvalue weighted by Gasteiger charge is -2.15. The molecule has 100 valence electrons. The molecule has 0 fully saturated rings. The first-order valence-corrected chi connectivity index (χ1v) is 6.15. The average molecular weight is 260 g/mol. The van der Waals surface area contributed by atoms with Crippen molar-refractivity contribution in [2.24, 2.45) is 5.73 Å². The second kappa shape index (κ2) is 6.15. The summed E-state index contributed by atoms with van der Waals surface area (Å²) in [4.78, 5) is 15.4. The van der Waals surface area contributed by atoms with Crippen LogP contribution in [0.4, 0.5) is 0 Å². The Morgan fingerprint density at radius 2 is 2.16 bits per heavy atom. The van der Waals surface area contributed by atoms with Gasteiger partial charge in [-0.05, 0) is 31.5 Å². The molecule has 1 unspecified atom stereocenters. The minimum atomic E-state index is -0.985. The van der Waals surface area contributed by atoms with Crippen molar-refractivity contribution in [3.05, 3.63) is 36.5 Å². The quantitative estimate of drug-likeness (QED) is 0.827. The van der Waals surface area contributed by atoms with Crippen molar-refractivity contribution in [3.8, 4) is 5.75 Å². The molecule has 5 heteroatoms. The maximum atomic E-state index is 11.2. The van der Waals surface area contributed by atoms with E-state index in [2.05, 4.69) is 4.98 Å². The third-order valence-corrected chi connectivity index (χ3v) is 2.81. The van der Waals surface area contributed by atoms with Crippen molar-refractivity contribution in [3.63, 3.8) is 0 Å². The van der Waals surface area contributed by atoms with E-state index >= 15 is 0 Å². The van der Waals surface area contributed by atoms with E-state index in [4.69, 9.17) is 15.6 Å². The number of nitrogens with zero attached hydrogens (tertiary/aromatic N) is 1. The normalized spacial score (nSPS) is 12.3. The number of fused-ring (bicyclic) bond motifs is 1. The summed E-state index contributed by atoms with van der Waals surface area (Å²) in [7, 11) is 0. The molecular formula is C14H16N2O3. The van der Waals surface area contributed by atoms with Crippen LogP contribution in [0.2, 0.25) is 0 Å². The van der Waals surface area contributed by atoms with Gasteiger partial charge in [0.2, 0.25) is 0 Å². The summed E-state index contributed by atoms with van der Waals surface area (Å²) in [6, 6.07) is 9.19. The molecule has 1 heterocycles. The highest BCUT2D eigenvalue weighted by molar-refractivity contribution is 5.84. The number of carboxylic acid groups (broad SMARTS) is 1. The van der Waals surface area contributed by atoms with E-state index in [1.807, 2.05) is 24.3 Å². The fraction of sp³-hybridized carbons (Fsp3) is 0.286. The van der Waals surface area contributed by atoms with E-state index in [1.165, 1.54) is 0 Å². The summed E-state index contributed by atoms with van der Waals surface area (Å²) in [6.07, 6.45) is 1.76. The molecule has 0 saturated heterocycles. The Labute approximate surface area is 111 Å². The van der Waals surface area contributed by atoms with Gasteiger partial charge in [-0.25, -0.2) is 4.79 Å². The molecular weight excluding hydrogens is 244 g/mol. The van der Waals surface area contributed by atoms with Crippen molar-refractivity contribution in [1.82, 2.24) is 4.98 Å². The number of benzene rings is 1. The highest BCUT2D eigenvalue weighted by Crippen LogP contribution is 2.24. The maximum Gasteiger partial charge on any atom is 0.344 e. The van der Waals surface area contributed by atoms with Crippen LogP contribution in [0, 0.1) is 0 Å². The molecule has 0 amide bonds. The van der Waals surface area contributed by atoms with Crippen molar-refractivity contribution < 1.29 is 14.6 Å². The number of pyridine rings is 1. The van der Waals surface area contributed by atoms with Gasteiger partial charge in [-0.3, -0.25) is 4.98 Å². The molecule has 0 bridgehead atoms. The molecule has 0 saturated carbocycles. The number of carbonyl (C=O) groups is 1. The van der Waals surface area contributed by atoms with Gasteiger partial charge in [0.05, 0.1) is 0 Å². The van der Waals surface area contributed by atoms with Gasteiger partial charge in [0.25, 0.3) is 0 Å². The van der Waals surface area contributed by atoms with Crippen LogP contribution in [0.3, 0.4) is 0 Å². The lowest BCUT2D eigenvalue weighted by molar-refractivity contribution is -0.145.